The van der Waals surface area contributed by atoms with Crippen LogP contribution in [0.1, 0.15) is 40.7 Å². The van der Waals surface area contributed by atoms with E-state index >= 15 is 0 Å². The van der Waals surface area contributed by atoms with Gasteiger partial charge in [-0.2, -0.15) is 0 Å². The lowest BCUT2D eigenvalue weighted by Gasteiger charge is -2.37. The van der Waals surface area contributed by atoms with Crippen molar-refractivity contribution >= 4 is 28.9 Å². The third-order valence-electron chi connectivity index (χ3n) is 5.72. The first-order valence-corrected chi connectivity index (χ1v) is 10.4. The van der Waals surface area contributed by atoms with E-state index in [1.54, 1.807) is 30.5 Å². The minimum atomic E-state index is -0.356. The van der Waals surface area contributed by atoms with Gasteiger partial charge in [0.2, 0.25) is 0 Å². The van der Waals surface area contributed by atoms with Gasteiger partial charge in [-0.25, -0.2) is 4.79 Å². The van der Waals surface area contributed by atoms with Gasteiger partial charge in [-0.15, -0.1) is 0 Å². The first-order valence-electron chi connectivity index (χ1n) is 10.00. The Balaban J connectivity index is 1.35. The Labute approximate surface area is 180 Å². The Morgan fingerprint density at radius 3 is 2.53 bits per heavy atom. The second-order valence-corrected chi connectivity index (χ2v) is 8.05. The average Bonchev–Trinajstić information content (AvgIpc) is 2.78. The van der Waals surface area contributed by atoms with E-state index in [1.807, 2.05) is 24.3 Å². The number of methoxy groups -OCH3 is 1. The third-order valence-corrected chi connectivity index (χ3v) is 5.97. The number of Topliss-reactive ketones (excluding diaryl/α,β-unsaturated/α-hetero) is 1. The topological polar surface area (TPSA) is 61.8 Å². The van der Waals surface area contributed by atoms with Crippen LogP contribution in [-0.2, 0) is 25.6 Å². The van der Waals surface area contributed by atoms with Gasteiger partial charge in [0.05, 0.1) is 43.1 Å². The molecule has 6 heteroatoms. The molecule has 0 bridgehead atoms. The molecule has 0 amide bonds. The smallest absolute Gasteiger partial charge is 0.337 e. The van der Waals surface area contributed by atoms with Crippen LogP contribution in [0.4, 0.5) is 0 Å². The van der Waals surface area contributed by atoms with Crippen LogP contribution in [0.15, 0.2) is 54.8 Å². The number of allylic oxidation sites excluding steroid dienone is 1. The number of ether oxygens (including phenoxy) is 3. The van der Waals surface area contributed by atoms with Crippen LogP contribution in [-0.4, -0.2) is 31.1 Å². The average molecular weight is 427 g/mol. The van der Waals surface area contributed by atoms with Crippen molar-refractivity contribution in [3.63, 3.8) is 0 Å². The number of rotatable bonds is 5. The highest BCUT2D eigenvalue weighted by Crippen LogP contribution is 2.37. The Morgan fingerprint density at radius 2 is 1.83 bits per heavy atom. The van der Waals surface area contributed by atoms with Crippen molar-refractivity contribution in [2.24, 2.45) is 5.92 Å². The van der Waals surface area contributed by atoms with Crippen molar-refractivity contribution in [3.8, 4) is 0 Å². The summed E-state index contributed by atoms with van der Waals surface area (Å²) in [6.45, 7) is 0.448. The number of halogens is 1. The number of hydrogen-bond acceptors (Lipinski definition) is 5. The summed E-state index contributed by atoms with van der Waals surface area (Å²) >= 11 is 5.95. The minimum Gasteiger partial charge on any atom is -0.496 e. The minimum absolute atomic E-state index is 0.0322. The van der Waals surface area contributed by atoms with Crippen LogP contribution in [0.2, 0.25) is 5.02 Å². The molecular weight excluding hydrogens is 404 g/mol. The predicted molar refractivity (Wildman–Crippen MR) is 113 cm³/mol. The van der Waals surface area contributed by atoms with E-state index < -0.39 is 0 Å². The lowest BCUT2D eigenvalue weighted by Crippen LogP contribution is -2.41. The molecule has 1 aliphatic carbocycles. The number of hydrogen-bond donors (Lipinski definition) is 0. The van der Waals surface area contributed by atoms with Crippen LogP contribution in [0.3, 0.4) is 0 Å². The van der Waals surface area contributed by atoms with Gasteiger partial charge in [0.1, 0.15) is 6.10 Å². The van der Waals surface area contributed by atoms with Crippen molar-refractivity contribution in [2.45, 2.75) is 38.1 Å². The van der Waals surface area contributed by atoms with E-state index in [9.17, 15) is 9.59 Å². The van der Waals surface area contributed by atoms with E-state index in [2.05, 4.69) is 0 Å². The van der Waals surface area contributed by atoms with Crippen molar-refractivity contribution < 1.29 is 23.8 Å². The van der Waals surface area contributed by atoms with E-state index in [0.717, 1.165) is 24.0 Å². The third kappa shape index (κ3) is 4.42. The SMILES string of the molecule is COC(=O)c1ccc(COC2CCC3C(=O)C(c4ccc(Cl)cc4)=COC3C2)cc1. The fourth-order valence-electron chi connectivity index (χ4n) is 4.02. The first kappa shape index (κ1) is 20.6. The summed E-state index contributed by atoms with van der Waals surface area (Å²) in [5, 5.41) is 0.638. The normalized spacial score (nSPS) is 23.2. The van der Waals surface area contributed by atoms with E-state index in [0.29, 0.717) is 29.2 Å². The van der Waals surface area contributed by atoms with Gasteiger partial charge in [-0.3, -0.25) is 4.79 Å². The molecule has 1 saturated carbocycles. The van der Waals surface area contributed by atoms with Gasteiger partial charge in [-0.05, 0) is 48.2 Å². The number of fused-ring (bicyclic) bond motifs is 1. The molecule has 0 N–H and O–H groups in total. The summed E-state index contributed by atoms with van der Waals surface area (Å²) in [5.41, 5.74) is 2.93. The van der Waals surface area contributed by atoms with Crippen LogP contribution >= 0.6 is 11.6 Å². The molecule has 0 saturated heterocycles. The fraction of sp³-hybridized carbons (Fsp3) is 0.333. The van der Waals surface area contributed by atoms with Crippen molar-refractivity contribution in [1.82, 2.24) is 0 Å². The highest BCUT2D eigenvalue weighted by atomic mass is 35.5. The highest BCUT2D eigenvalue weighted by Gasteiger charge is 2.40. The zero-order valence-electron chi connectivity index (χ0n) is 16.7. The molecule has 5 nitrogen and oxygen atoms in total. The summed E-state index contributed by atoms with van der Waals surface area (Å²) in [7, 11) is 1.36. The molecule has 3 unspecified atom stereocenters. The molecular formula is C24H23ClO5. The van der Waals surface area contributed by atoms with Gasteiger partial charge >= 0.3 is 5.97 Å². The second kappa shape index (κ2) is 9.02. The summed E-state index contributed by atoms with van der Waals surface area (Å²) in [5.74, 6) is -0.365. The standard InChI is InChI=1S/C24H23ClO5/c1-28-24(27)17-4-2-15(3-5-17)13-29-19-10-11-20-22(12-19)30-14-21(23(20)26)16-6-8-18(25)9-7-16/h2-9,14,19-20,22H,10-13H2,1H3. The van der Waals surface area contributed by atoms with E-state index in [4.69, 9.17) is 25.8 Å². The maximum atomic E-state index is 13.0. The lowest BCUT2D eigenvalue weighted by atomic mass is 9.78. The van der Waals surface area contributed by atoms with Crippen molar-refractivity contribution in [1.29, 1.82) is 0 Å². The lowest BCUT2D eigenvalue weighted by molar-refractivity contribution is -0.128. The van der Waals surface area contributed by atoms with Crippen LogP contribution in [0.25, 0.3) is 5.57 Å². The summed E-state index contributed by atoms with van der Waals surface area (Å²) in [6, 6.07) is 14.4. The van der Waals surface area contributed by atoms with Crippen molar-refractivity contribution in [3.05, 3.63) is 76.5 Å². The number of ketones is 1. The fourth-order valence-corrected chi connectivity index (χ4v) is 4.14. The van der Waals surface area contributed by atoms with Gasteiger partial charge in [0, 0.05) is 11.4 Å². The molecule has 0 aromatic heterocycles. The second-order valence-electron chi connectivity index (χ2n) is 7.62. The molecule has 30 heavy (non-hydrogen) atoms. The maximum absolute atomic E-state index is 13.0. The van der Waals surface area contributed by atoms with E-state index in [-0.39, 0.29) is 29.9 Å². The quantitative estimate of drug-likeness (QED) is 0.641. The Hall–Kier alpha value is -2.63. The van der Waals surface area contributed by atoms with Gasteiger partial charge < -0.3 is 14.2 Å². The molecule has 4 rings (SSSR count). The molecule has 2 aliphatic rings. The number of carbonyl (C=O) groups excluding carboxylic acids is 2. The molecule has 2 aromatic rings. The molecule has 2 aromatic carbocycles. The Morgan fingerprint density at radius 1 is 1.10 bits per heavy atom. The summed E-state index contributed by atoms with van der Waals surface area (Å²) in [6.07, 6.45) is 3.69. The summed E-state index contributed by atoms with van der Waals surface area (Å²) in [4.78, 5) is 24.5. The molecule has 1 fully saturated rings. The maximum Gasteiger partial charge on any atom is 0.337 e. The summed E-state index contributed by atoms with van der Waals surface area (Å²) < 4.78 is 16.7. The van der Waals surface area contributed by atoms with Crippen LogP contribution in [0.5, 0.6) is 0 Å². The number of carbonyl (C=O) groups is 2. The molecule has 156 valence electrons. The van der Waals surface area contributed by atoms with Crippen molar-refractivity contribution in [2.75, 3.05) is 7.11 Å². The molecule has 0 spiro atoms. The van der Waals surface area contributed by atoms with Crippen LogP contribution in [0, 0.1) is 5.92 Å². The molecule has 1 heterocycles. The zero-order chi connectivity index (χ0) is 21.1. The molecule has 1 aliphatic heterocycles. The van der Waals surface area contributed by atoms with Crippen LogP contribution < -0.4 is 0 Å². The highest BCUT2D eigenvalue weighted by molar-refractivity contribution is 6.30. The number of esters is 1. The molecule has 0 radical (unpaired) electrons. The zero-order valence-corrected chi connectivity index (χ0v) is 17.4. The monoisotopic (exact) mass is 426 g/mol. The molecule has 3 atom stereocenters. The van der Waals surface area contributed by atoms with Gasteiger partial charge in [0.15, 0.2) is 5.78 Å². The van der Waals surface area contributed by atoms with E-state index in [1.165, 1.54) is 7.11 Å². The first-order chi connectivity index (χ1) is 14.5. The Kier molecular flexibility index (Phi) is 6.21. The largest absolute Gasteiger partial charge is 0.496 e. The predicted octanol–water partition coefficient (Wildman–Crippen LogP) is 4.82. The Bertz CT molecular complexity index is 949. The van der Waals surface area contributed by atoms with Gasteiger partial charge in [-0.1, -0.05) is 35.9 Å². The van der Waals surface area contributed by atoms with Gasteiger partial charge in [0.25, 0.3) is 0 Å². The number of benzene rings is 2.